The zero-order valence-electron chi connectivity index (χ0n) is 15.1. The highest BCUT2D eigenvalue weighted by atomic mass is 16.3. The van der Waals surface area contributed by atoms with Crippen LogP contribution in [0.4, 0.5) is 11.5 Å². The molecule has 2 aromatic heterocycles. The van der Waals surface area contributed by atoms with E-state index in [1.807, 2.05) is 50.3 Å². The minimum absolute atomic E-state index is 0.184. The van der Waals surface area contributed by atoms with Gasteiger partial charge >= 0.3 is 0 Å². The summed E-state index contributed by atoms with van der Waals surface area (Å²) in [5.41, 5.74) is 2.65. The molecule has 0 bridgehead atoms. The molecule has 27 heavy (non-hydrogen) atoms. The number of aromatic amines is 1. The third-order valence-electron chi connectivity index (χ3n) is 4.34. The fraction of sp³-hybridized carbons (Fsp3) is 0.0952. The number of H-pyrrole nitrogens is 1. The van der Waals surface area contributed by atoms with Crippen molar-refractivity contribution in [2.75, 3.05) is 5.32 Å². The van der Waals surface area contributed by atoms with Gasteiger partial charge in [0.15, 0.2) is 5.82 Å². The fourth-order valence-corrected chi connectivity index (χ4v) is 3.02. The highest BCUT2D eigenvalue weighted by Gasteiger charge is 2.08. The Morgan fingerprint density at radius 3 is 2.70 bits per heavy atom. The molecule has 3 N–H and O–H groups in total. The lowest BCUT2D eigenvalue weighted by atomic mass is 10.2. The van der Waals surface area contributed by atoms with E-state index in [-0.39, 0.29) is 5.75 Å². The summed E-state index contributed by atoms with van der Waals surface area (Å²) in [7, 11) is 0. The molecule has 0 atom stereocenters. The summed E-state index contributed by atoms with van der Waals surface area (Å²) in [4.78, 5) is 9.37. The number of anilines is 2. The maximum absolute atomic E-state index is 9.79. The fourth-order valence-electron chi connectivity index (χ4n) is 3.02. The van der Waals surface area contributed by atoms with Crippen molar-refractivity contribution in [3.8, 4) is 17.1 Å². The monoisotopic (exact) mass is 357 g/mol. The van der Waals surface area contributed by atoms with Crippen LogP contribution in [-0.4, -0.2) is 25.3 Å². The van der Waals surface area contributed by atoms with Gasteiger partial charge < -0.3 is 10.4 Å². The SMILES string of the molecule is C/C=c1/nc(-c2cccc(O)c2)nc(Nc2ccc3[nH]ncc3c2)/c1=C/C. The van der Waals surface area contributed by atoms with Crippen LogP contribution < -0.4 is 15.9 Å². The molecule has 6 heteroatoms. The van der Waals surface area contributed by atoms with Crippen LogP contribution in [0.25, 0.3) is 34.4 Å². The van der Waals surface area contributed by atoms with E-state index in [4.69, 9.17) is 4.98 Å². The molecule has 2 heterocycles. The molecular formula is C21H19N5O. The van der Waals surface area contributed by atoms with Crippen molar-refractivity contribution < 1.29 is 5.11 Å². The Morgan fingerprint density at radius 2 is 1.93 bits per heavy atom. The first-order valence-corrected chi connectivity index (χ1v) is 8.68. The first kappa shape index (κ1) is 16.8. The molecule has 4 aromatic rings. The molecule has 0 spiro atoms. The minimum Gasteiger partial charge on any atom is -0.508 e. The van der Waals surface area contributed by atoms with Crippen LogP contribution in [-0.2, 0) is 0 Å². The van der Waals surface area contributed by atoms with E-state index in [0.717, 1.165) is 32.7 Å². The van der Waals surface area contributed by atoms with Gasteiger partial charge in [0.25, 0.3) is 0 Å². The summed E-state index contributed by atoms with van der Waals surface area (Å²) in [5, 5.41) is 23.0. The topological polar surface area (TPSA) is 86.7 Å². The van der Waals surface area contributed by atoms with Crippen LogP contribution in [0.1, 0.15) is 13.8 Å². The number of aromatic hydroxyl groups is 1. The number of phenolic OH excluding ortho intramolecular Hbond substituents is 1. The lowest BCUT2D eigenvalue weighted by molar-refractivity contribution is 0.475. The van der Waals surface area contributed by atoms with Gasteiger partial charge in [-0.05, 0) is 44.2 Å². The molecule has 2 aromatic carbocycles. The van der Waals surface area contributed by atoms with Gasteiger partial charge in [0.05, 0.1) is 17.1 Å². The third-order valence-corrected chi connectivity index (χ3v) is 4.34. The van der Waals surface area contributed by atoms with Gasteiger partial charge in [-0.3, -0.25) is 5.10 Å². The Morgan fingerprint density at radius 1 is 1.04 bits per heavy atom. The molecule has 134 valence electrons. The highest BCUT2D eigenvalue weighted by molar-refractivity contribution is 5.82. The Labute approximate surface area is 155 Å². The number of phenols is 1. The number of aromatic nitrogens is 4. The van der Waals surface area contributed by atoms with Crippen LogP contribution in [0.3, 0.4) is 0 Å². The van der Waals surface area contributed by atoms with E-state index in [1.54, 1.807) is 24.4 Å². The van der Waals surface area contributed by atoms with Crippen LogP contribution in [0.2, 0.25) is 0 Å². The molecule has 4 rings (SSSR count). The molecule has 6 nitrogen and oxygen atoms in total. The first-order valence-electron chi connectivity index (χ1n) is 8.68. The average Bonchev–Trinajstić information content (AvgIpc) is 3.15. The van der Waals surface area contributed by atoms with Gasteiger partial charge in [-0.2, -0.15) is 5.10 Å². The molecule has 0 fully saturated rings. The Bertz CT molecular complexity index is 1240. The number of benzene rings is 2. The molecule has 0 aliphatic rings. The Balaban J connectivity index is 1.86. The van der Waals surface area contributed by atoms with E-state index in [9.17, 15) is 5.11 Å². The molecule has 0 amide bonds. The second-order valence-corrected chi connectivity index (χ2v) is 6.12. The van der Waals surface area contributed by atoms with Crippen LogP contribution in [0.15, 0.2) is 48.7 Å². The predicted octanol–water partition coefficient (Wildman–Crippen LogP) is 3.07. The summed E-state index contributed by atoms with van der Waals surface area (Å²) in [6.07, 6.45) is 5.73. The molecule has 0 unspecified atom stereocenters. The number of hydrogen-bond acceptors (Lipinski definition) is 5. The maximum Gasteiger partial charge on any atom is 0.162 e. The van der Waals surface area contributed by atoms with E-state index in [1.165, 1.54) is 0 Å². The smallest absolute Gasteiger partial charge is 0.162 e. The van der Waals surface area contributed by atoms with Crippen molar-refractivity contribution in [3.63, 3.8) is 0 Å². The average molecular weight is 357 g/mol. The van der Waals surface area contributed by atoms with Crippen LogP contribution in [0, 0.1) is 0 Å². The molecule has 0 aliphatic carbocycles. The summed E-state index contributed by atoms with van der Waals surface area (Å²) < 4.78 is 0. The molecule has 0 radical (unpaired) electrons. The van der Waals surface area contributed by atoms with Gasteiger partial charge in [-0.25, -0.2) is 9.97 Å². The van der Waals surface area contributed by atoms with E-state index >= 15 is 0 Å². The first-order chi connectivity index (χ1) is 13.2. The summed E-state index contributed by atoms with van der Waals surface area (Å²) in [6, 6.07) is 12.9. The standard InChI is InChI=1S/C21H19N5O/c1-3-17-18(4-2)24-20(13-6-5-7-16(27)11-13)25-21(17)23-15-8-9-19-14(10-15)12-22-26-19/h3-12,27H,1-2H3,(H,22,26)(H,23,24,25)/b17-3+,18-4+. The zero-order chi connectivity index (χ0) is 18.8. The van der Waals surface area contributed by atoms with Gasteiger partial charge in [-0.15, -0.1) is 0 Å². The van der Waals surface area contributed by atoms with Crippen molar-refractivity contribution in [1.29, 1.82) is 0 Å². The van der Waals surface area contributed by atoms with E-state index in [0.29, 0.717) is 11.6 Å². The van der Waals surface area contributed by atoms with Crippen LogP contribution in [0.5, 0.6) is 5.75 Å². The predicted molar refractivity (Wildman–Crippen MR) is 108 cm³/mol. The largest absolute Gasteiger partial charge is 0.508 e. The summed E-state index contributed by atoms with van der Waals surface area (Å²) in [6.45, 7) is 3.91. The van der Waals surface area contributed by atoms with Crippen molar-refractivity contribution in [3.05, 3.63) is 59.2 Å². The molecule has 0 saturated carbocycles. The van der Waals surface area contributed by atoms with Gasteiger partial charge in [0.1, 0.15) is 11.6 Å². The van der Waals surface area contributed by atoms with Gasteiger partial charge in [-0.1, -0.05) is 24.3 Å². The number of nitrogens with one attached hydrogen (secondary N) is 2. The molecule has 0 saturated heterocycles. The van der Waals surface area contributed by atoms with Crippen LogP contribution >= 0.6 is 0 Å². The number of nitrogens with zero attached hydrogens (tertiary/aromatic N) is 3. The zero-order valence-corrected chi connectivity index (χ0v) is 15.1. The minimum atomic E-state index is 0.184. The normalized spacial score (nSPS) is 12.7. The van der Waals surface area contributed by atoms with Crippen molar-refractivity contribution in [2.24, 2.45) is 0 Å². The number of fused-ring (bicyclic) bond motifs is 1. The highest BCUT2D eigenvalue weighted by Crippen LogP contribution is 2.22. The molecule has 0 aliphatic heterocycles. The lowest BCUT2D eigenvalue weighted by Crippen LogP contribution is -2.32. The molecular weight excluding hydrogens is 338 g/mol. The lowest BCUT2D eigenvalue weighted by Gasteiger charge is -2.10. The summed E-state index contributed by atoms with van der Waals surface area (Å²) in [5.74, 6) is 1.45. The second-order valence-electron chi connectivity index (χ2n) is 6.12. The Hall–Kier alpha value is -3.67. The quantitative estimate of drug-likeness (QED) is 0.525. The van der Waals surface area contributed by atoms with Gasteiger partial charge in [0.2, 0.25) is 0 Å². The van der Waals surface area contributed by atoms with E-state index in [2.05, 4.69) is 20.5 Å². The Kier molecular flexibility index (Phi) is 4.30. The second kappa shape index (κ2) is 6.92. The van der Waals surface area contributed by atoms with Crippen molar-refractivity contribution in [2.45, 2.75) is 13.8 Å². The van der Waals surface area contributed by atoms with E-state index < -0.39 is 0 Å². The third kappa shape index (κ3) is 3.25. The van der Waals surface area contributed by atoms with Gasteiger partial charge in [0, 0.05) is 21.9 Å². The number of hydrogen-bond donors (Lipinski definition) is 3. The van der Waals surface area contributed by atoms with Crippen molar-refractivity contribution in [1.82, 2.24) is 20.2 Å². The number of rotatable bonds is 3. The summed E-state index contributed by atoms with van der Waals surface area (Å²) >= 11 is 0. The maximum atomic E-state index is 9.79. The van der Waals surface area contributed by atoms with Crippen molar-refractivity contribution >= 4 is 34.6 Å².